The first-order valence-electron chi connectivity index (χ1n) is 11.4. The van der Waals surface area contributed by atoms with Crippen LogP contribution in [-0.4, -0.2) is 52.9 Å². The number of nitrogens with zero attached hydrogens (tertiary/aromatic N) is 2. The predicted octanol–water partition coefficient (Wildman–Crippen LogP) is 4.11. The van der Waals surface area contributed by atoms with Crippen LogP contribution < -0.4 is 19.3 Å². The highest BCUT2D eigenvalue weighted by molar-refractivity contribution is 7.92. The minimum atomic E-state index is -3.73. The van der Waals surface area contributed by atoms with Gasteiger partial charge in [0.25, 0.3) is 0 Å². The van der Waals surface area contributed by atoms with Gasteiger partial charge in [-0.1, -0.05) is 18.2 Å². The first-order chi connectivity index (χ1) is 16.8. The summed E-state index contributed by atoms with van der Waals surface area (Å²) in [6.45, 7) is 4.59. The van der Waals surface area contributed by atoms with Crippen LogP contribution in [0.4, 0.5) is 17.1 Å². The number of hydrogen-bond acceptors (Lipinski definition) is 6. The molecule has 0 radical (unpaired) electrons. The molecule has 0 aromatic heterocycles. The minimum absolute atomic E-state index is 0.373. The molecular weight excluding hydrogens is 466 g/mol. The normalized spacial score (nSPS) is 14.7. The fraction of sp³-hybridized carbons (Fsp3) is 0.269. The highest BCUT2D eigenvalue weighted by Crippen LogP contribution is 2.27. The van der Waals surface area contributed by atoms with Crippen LogP contribution in [0.15, 0.2) is 78.9 Å². The zero-order valence-electron chi connectivity index (χ0n) is 19.8. The Bertz CT molecular complexity index is 1230. The van der Waals surface area contributed by atoms with Crippen molar-refractivity contribution in [2.75, 3.05) is 47.1 Å². The Morgan fingerprint density at radius 3 is 2.14 bits per heavy atom. The molecule has 0 bridgehead atoms. The number of para-hydroxylation sites is 1. The Balaban J connectivity index is 1.45. The molecule has 1 amide bonds. The summed E-state index contributed by atoms with van der Waals surface area (Å²) in [5.74, 6) is 0.803. The second kappa shape index (κ2) is 10.8. The van der Waals surface area contributed by atoms with Crippen LogP contribution in [0.25, 0.3) is 0 Å². The van der Waals surface area contributed by atoms with E-state index < -0.39 is 22.0 Å². The van der Waals surface area contributed by atoms with Crippen LogP contribution in [0.2, 0.25) is 0 Å². The zero-order valence-corrected chi connectivity index (χ0v) is 20.6. The lowest BCUT2D eigenvalue weighted by molar-refractivity contribution is -0.116. The van der Waals surface area contributed by atoms with Gasteiger partial charge >= 0.3 is 0 Å². The Morgan fingerprint density at radius 1 is 0.943 bits per heavy atom. The Hall–Kier alpha value is -3.56. The third-order valence-electron chi connectivity index (χ3n) is 5.67. The fourth-order valence-corrected chi connectivity index (χ4v) is 5.09. The van der Waals surface area contributed by atoms with E-state index in [1.807, 2.05) is 54.6 Å². The Labute approximate surface area is 206 Å². The molecule has 1 aliphatic rings. The van der Waals surface area contributed by atoms with Crippen molar-refractivity contribution in [1.82, 2.24) is 0 Å². The molecule has 184 valence electrons. The quantitative estimate of drug-likeness (QED) is 0.506. The van der Waals surface area contributed by atoms with Crippen LogP contribution in [-0.2, 0) is 19.6 Å². The van der Waals surface area contributed by atoms with E-state index in [1.165, 1.54) is 0 Å². The minimum Gasteiger partial charge on any atom is -0.457 e. The molecule has 1 heterocycles. The number of ether oxygens (including phenoxy) is 2. The van der Waals surface area contributed by atoms with E-state index in [0.29, 0.717) is 36.1 Å². The number of carbonyl (C=O) groups is 1. The van der Waals surface area contributed by atoms with Crippen molar-refractivity contribution < 1.29 is 22.7 Å². The van der Waals surface area contributed by atoms with Gasteiger partial charge in [-0.25, -0.2) is 8.42 Å². The highest BCUT2D eigenvalue weighted by atomic mass is 32.2. The van der Waals surface area contributed by atoms with Gasteiger partial charge in [-0.15, -0.1) is 0 Å². The maximum atomic E-state index is 13.0. The number of sulfonamides is 1. The van der Waals surface area contributed by atoms with Crippen molar-refractivity contribution in [3.63, 3.8) is 0 Å². The van der Waals surface area contributed by atoms with Gasteiger partial charge in [0.2, 0.25) is 15.9 Å². The van der Waals surface area contributed by atoms with E-state index in [2.05, 4.69) is 10.2 Å². The van der Waals surface area contributed by atoms with Gasteiger partial charge in [0.15, 0.2) is 0 Å². The molecule has 1 aliphatic heterocycles. The SMILES string of the molecule is C[C@@H](C(=O)Nc1ccc(N2CCOCC2)cc1)N(c1ccc(Oc2ccccc2)cc1)S(C)(=O)=O. The third-order valence-corrected chi connectivity index (χ3v) is 6.91. The molecule has 8 nitrogen and oxygen atoms in total. The number of nitrogens with one attached hydrogen (secondary N) is 1. The van der Waals surface area contributed by atoms with E-state index in [1.54, 1.807) is 31.2 Å². The van der Waals surface area contributed by atoms with Crippen molar-refractivity contribution in [1.29, 1.82) is 0 Å². The number of rotatable bonds is 8. The summed E-state index contributed by atoms with van der Waals surface area (Å²) >= 11 is 0. The number of amides is 1. The number of hydrogen-bond donors (Lipinski definition) is 1. The first-order valence-corrected chi connectivity index (χ1v) is 13.2. The maximum absolute atomic E-state index is 13.0. The summed E-state index contributed by atoms with van der Waals surface area (Å²) < 4.78 is 37.5. The van der Waals surface area contributed by atoms with E-state index in [4.69, 9.17) is 9.47 Å². The molecule has 0 unspecified atom stereocenters. The lowest BCUT2D eigenvalue weighted by Crippen LogP contribution is -2.45. The number of anilines is 3. The van der Waals surface area contributed by atoms with Crippen LogP contribution >= 0.6 is 0 Å². The fourth-order valence-electron chi connectivity index (χ4n) is 3.92. The molecule has 0 aliphatic carbocycles. The van der Waals surface area contributed by atoms with Gasteiger partial charge in [-0.05, 0) is 67.6 Å². The topological polar surface area (TPSA) is 88.2 Å². The zero-order chi connectivity index (χ0) is 24.8. The van der Waals surface area contributed by atoms with Gasteiger partial charge in [-0.3, -0.25) is 9.10 Å². The molecule has 0 saturated carbocycles. The first kappa shape index (κ1) is 24.6. The van der Waals surface area contributed by atoms with Crippen LogP contribution in [0, 0.1) is 0 Å². The molecule has 9 heteroatoms. The predicted molar refractivity (Wildman–Crippen MR) is 138 cm³/mol. The summed E-state index contributed by atoms with van der Waals surface area (Å²) in [6, 6.07) is 22.4. The molecule has 0 spiro atoms. The molecule has 1 N–H and O–H groups in total. The number of benzene rings is 3. The van der Waals surface area contributed by atoms with Crippen LogP contribution in [0.3, 0.4) is 0 Å². The lowest BCUT2D eigenvalue weighted by atomic mass is 10.2. The largest absolute Gasteiger partial charge is 0.457 e. The second-order valence-electron chi connectivity index (χ2n) is 8.28. The molecule has 35 heavy (non-hydrogen) atoms. The average Bonchev–Trinajstić information content (AvgIpc) is 2.86. The summed E-state index contributed by atoms with van der Waals surface area (Å²) in [6.07, 6.45) is 1.09. The van der Waals surface area contributed by atoms with Gasteiger partial charge in [-0.2, -0.15) is 0 Å². The Kier molecular flexibility index (Phi) is 7.57. The van der Waals surface area contributed by atoms with Crippen molar-refractivity contribution in [2.45, 2.75) is 13.0 Å². The average molecular weight is 496 g/mol. The van der Waals surface area contributed by atoms with Gasteiger partial charge in [0.1, 0.15) is 17.5 Å². The van der Waals surface area contributed by atoms with E-state index in [0.717, 1.165) is 29.3 Å². The highest BCUT2D eigenvalue weighted by Gasteiger charge is 2.29. The third kappa shape index (κ3) is 6.32. The van der Waals surface area contributed by atoms with Crippen molar-refractivity contribution >= 4 is 33.0 Å². The molecule has 1 fully saturated rings. The monoisotopic (exact) mass is 495 g/mol. The van der Waals surface area contributed by atoms with Crippen LogP contribution in [0.5, 0.6) is 11.5 Å². The Morgan fingerprint density at radius 2 is 1.54 bits per heavy atom. The molecule has 3 aromatic rings. The second-order valence-corrected chi connectivity index (χ2v) is 10.1. The van der Waals surface area contributed by atoms with Crippen LogP contribution in [0.1, 0.15) is 6.92 Å². The van der Waals surface area contributed by atoms with Gasteiger partial charge in [0.05, 0.1) is 25.2 Å². The summed E-state index contributed by atoms with van der Waals surface area (Å²) in [5, 5.41) is 2.83. The van der Waals surface area contributed by atoms with Crippen molar-refractivity contribution in [2.24, 2.45) is 0 Å². The molecule has 3 aromatic carbocycles. The maximum Gasteiger partial charge on any atom is 0.247 e. The van der Waals surface area contributed by atoms with E-state index in [-0.39, 0.29) is 0 Å². The molecule has 4 rings (SSSR count). The van der Waals surface area contributed by atoms with E-state index in [9.17, 15) is 13.2 Å². The smallest absolute Gasteiger partial charge is 0.247 e. The lowest BCUT2D eigenvalue weighted by Gasteiger charge is -2.29. The van der Waals surface area contributed by atoms with Gasteiger partial charge in [0, 0.05) is 24.5 Å². The standard InChI is InChI=1S/C26H29N3O5S/c1-20(26(30)27-21-8-10-22(11-9-21)28-16-18-33-19-17-28)29(35(2,31)32)23-12-14-25(15-13-23)34-24-6-4-3-5-7-24/h3-15,20H,16-19H2,1-2H3,(H,27,30)/t20-/m0/s1. The van der Waals surface area contributed by atoms with Crippen molar-refractivity contribution in [3.05, 3.63) is 78.9 Å². The van der Waals surface area contributed by atoms with Crippen molar-refractivity contribution in [3.8, 4) is 11.5 Å². The van der Waals surface area contributed by atoms with E-state index >= 15 is 0 Å². The molecule has 1 saturated heterocycles. The summed E-state index contributed by atoms with van der Waals surface area (Å²) in [7, 11) is -3.73. The van der Waals surface area contributed by atoms with Gasteiger partial charge < -0.3 is 19.7 Å². The summed E-state index contributed by atoms with van der Waals surface area (Å²) in [4.78, 5) is 15.2. The molecular formula is C26H29N3O5S. The molecule has 1 atom stereocenters. The summed E-state index contributed by atoms with van der Waals surface area (Å²) in [5.41, 5.74) is 2.02. The number of morpholine rings is 1. The number of carbonyl (C=O) groups excluding carboxylic acids is 1.